The third-order valence-corrected chi connectivity index (χ3v) is 4.27. The third kappa shape index (κ3) is 5.15. The first-order valence-electron chi connectivity index (χ1n) is 8.43. The van der Waals surface area contributed by atoms with E-state index < -0.39 is 0 Å². The first-order valence-corrected chi connectivity index (χ1v) is 8.43. The molecule has 2 rings (SSSR count). The van der Waals surface area contributed by atoms with Crippen LogP contribution < -0.4 is 10.1 Å². The number of benzene rings is 1. The maximum atomic E-state index is 12.3. The van der Waals surface area contributed by atoms with E-state index in [1.54, 1.807) is 20.2 Å². The summed E-state index contributed by atoms with van der Waals surface area (Å²) >= 11 is 0. The highest BCUT2D eigenvalue weighted by Gasteiger charge is 2.22. The maximum Gasteiger partial charge on any atom is 0.317 e. The Hall–Kier alpha value is -2.24. The molecule has 1 saturated heterocycles. The lowest BCUT2D eigenvalue weighted by atomic mass is 10.0. The number of rotatable bonds is 5. The number of carbonyl (C=O) groups excluding carboxylic acids is 2. The Morgan fingerprint density at radius 2 is 2.12 bits per heavy atom. The monoisotopic (exact) mass is 333 g/mol. The quantitative estimate of drug-likeness (QED) is 0.899. The molecule has 1 heterocycles. The molecule has 6 heteroatoms. The fourth-order valence-corrected chi connectivity index (χ4v) is 2.70. The predicted molar refractivity (Wildman–Crippen MR) is 92.9 cm³/mol. The molecule has 1 fully saturated rings. The summed E-state index contributed by atoms with van der Waals surface area (Å²) in [5.41, 5.74) is 0.947. The molecule has 1 aromatic rings. The minimum atomic E-state index is -0.0900. The molecule has 3 amide bonds. The summed E-state index contributed by atoms with van der Waals surface area (Å²) in [5, 5.41) is 2.97. The molecule has 1 aliphatic rings. The lowest BCUT2D eigenvalue weighted by molar-refractivity contribution is -0.130. The van der Waals surface area contributed by atoms with Gasteiger partial charge in [-0.25, -0.2) is 4.79 Å². The molecule has 0 bridgehead atoms. The fraction of sp³-hybridized carbons (Fsp3) is 0.556. The number of likely N-dealkylation sites (tertiary alicyclic amines) is 1. The SMILES string of the molecule is C[C@@H]1CCCCN1C(=O)NCc1cccc(OCC(=O)N(C)C)c1. The summed E-state index contributed by atoms with van der Waals surface area (Å²) in [7, 11) is 3.39. The van der Waals surface area contributed by atoms with Crippen LogP contribution in [0.15, 0.2) is 24.3 Å². The van der Waals surface area contributed by atoms with E-state index in [-0.39, 0.29) is 18.5 Å². The van der Waals surface area contributed by atoms with Crippen LogP contribution >= 0.6 is 0 Å². The molecule has 24 heavy (non-hydrogen) atoms. The first kappa shape index (κ1) is 18.1. The standard InChI is InChI=1S/C18H27N3O3/c1-14-7-4-5-10-21(14)18(23)19-12-15-8-6-9-16(11-15)24-13-17(22)20(2)3/h6,8-9,11,14H,4-5,7,10,12-13H2,1-3H3,(H,19,23)/t14-/m1/s1. The van der Waals surface area contributed by atoms with Crippen LogP contribution in [-0.2, 0) is 11.3 Å². The normalized spacial score (nSPS) is 17.3. The Bertz CT molecular complexity index is 574. The summed E-state index contributed by atoms with van der Waals surface area (Å²) in [6.45, 7) is 3.37. The van der Waals surface area contributed by atoms with Gasteiger partial charge >= 0.3 is 6.03 Å². The van der Waals surface area contributed by atoms with Crippen molar-refractivity contribution in [1.82, 2.24) is 15.1 Å². The molecule has 1 aromatic carbocycles. The molecule has 0 aromatic heterocycles. The van der Waals surface area contributed by atoms with Crippen LogP contribution in [0.2, 0.25) is 0 Å². The second-order valence-electron chi connectivity index (χ2n) is 6.42. The van der Waals surface area contributed by atoms with Crippen molar-refractivity contribution in [2.45, 2.75) is 38.8 Å². The zero-order valence-corrected chi connectivity index (χ0v) is 14.7. The molecule has 0 radical (unpaired) electrons. The van der Waals surface area contributed by atoms with Crippen LogP contribution in [0.1, 0.15) is 31.7 Å². The van der Waals surface area contributed by atoms with Gasteiger partial charge in [-0.3, -0.25) is 4.79 Å². The Balaban J connectivity index is 1.85. The van der Waals surface area contributed by atoms with Crippen molar-refractivity contribution in [3.63, 3.8) is 0 Å². The van der Waals surface area contributed by atoms with Gasteiger partial charge in [0.2, 0.25) is 0 Å². The average Bonchev–Trinajstić information content (AvgIpc) is 2.58. The number of hydrogen-bond acceptors (Lipinski definition) is 3. The summed E-state index contributed by atoms with van der Waals surface area (Å²) in [5.74, 6) is 0.538. The van der Waals surface area contributed by atoms with Crippen molar-refractivity contribution in [1.29, 1.82) is 0 Å². The molecule has 6 nitrogen and oxygen atoms in total. The van der Waals surface area contributed by atoms with Crippen LogP contribution in [0, 0.1) is 0 Å². The number of nitrogens with one attached hydrogen (secondary N) is 1. The van der Waals surface area contributed by atoms with Crippen molar-refractivity contribution in [3.05, 3.63) is 29.8 Å². The van der Waals surface area contributed by atoms with E-state index in [9.17, 15) is 9.59 Å². The van der Waals surface area contributed by atoms with Gasteiger partial charge in [0, 0.05) is 33.2 Å². The van der Waals surface area contributed by atoms with Crippen LogP contribution in [0.5, 0.6) is 5.75 Å². The number of urea groups is 1. The number of amides is 3. The summed E-state index contributed by atoms with van der Waals surface area (Å²) < 4.78 is 5.50. The van der Waals surface area contributed by atoms with E-state index in [2.05, 4.69) is 12.2 Å². The Morgan fingerprint density at radius 3 is 2.83 bits per heavy atom. The van der Waals surface area contributed by atoms with Crippen molar-refractivity contribution >= 4 is 11.9 Å². The van der Waals surface area contributed by atoms with Gasteiger partial charge in [0.25, 0.3) is 5.91 Å². The minimum absolute atomic E-state index is 0.00804. The number of piperidine rings is 1. The van der Waals surface area contributed by atoms with Crippen LogP contribution in [0.3, 0.4) is 0 Å². The topological polar surface area (TPSA) is 61.9 Å². The van der Waals surface area contributed by atoms with Gasteiger partial charge in [0.15, 0.2) is 6.61 Å². The molecular weight excluding hydrogens is 306 g/mol. The Kier molecular flexibility index (Phi) is 6.46. The molecular formula is C18H27N3O3. The van der Waals surface area contributed by atoms with E-state index in [1.807, 2.05) is 23.1 Å². The zero-order valence-electron chi connectivity index (χ0n) is 14.7. The molecule has 0 unspecified atom stereocenters. The van der Waals surface area contributed by atoms with Crippen LogP contribution in [0.25, 0.3) is 0 Å². The molecule has 0 saturated carbocycles. The third-order valence-electron chi connectivity index (χ3n) is 4.27. The lowest BCUT2D eigenvalue weighted by Gasteiger charge is -2.33. The lowest BCUT2D eigenvalue weighted by Crippen LogP contribution is -2.47. The van der Waals surface area contributed by atoms with E-state index in [4.69, 9.17) is 4.74 Å². The average molecular weight is 333 g/mol. The number of carbonyl (C=O) groups is 2. The Morgan fingerprint density at radius 1 is 1.33 bits per heavy atom. The number of nitrogens with zero attached hydrogens (tertiary/aromatic N) is 2. The van der Waals surface area contributed by atoms with Gasteiger partial charge in [-0.1, -0.05) is 12.1 Å². The smallest absolute Gasteiger partial charge is 0.317 e. The van der Waals surface area contributed by atoms with Gasteiger partial charge in [0.1, 0.15) is 5.75 Å². The van der Waals surface area contributed by atoms with E-state index in [0.717, 1.165) is 24.9 Å². The van der Waals surface area contributed by atoms with Gasteiger partial charge in [0.05, 0.1) is 0 Å². The molecule has 1 atom stereocenters. The summed E-state index contributed by atoms with van der Waals surface area (Å²) in [6, 6.07) is 7.73. The van der Waals surface area contributed by atoms with Crippen molar-refractivity contribution in [2.24, 2.45) is 0 Å². The number of likely N-dealkylation sites (N-methyl/N-ethyl adjacent to an activating group) is 1. The molecule has 1 N–H and O–H groups in total. The van der Waals surface area contributed by atoms with Gasteiger partial charge < -0.3 is 19.9 Å². The van der Waals surface area contributed by atoms with E-state index in [1.165, 1.54) is 11.3 Å². The highest BCUT2D eigenvalue weighted by Crippen LogP contribution is 2.17. The maximum absolute atomic E-state index is 12.3. The van der Waals surface area contributed by atoms with E-state index >= 15 is 0 Å². The Labute approximate surface area is 143 Å². The minimum Gasteiger partial charge on any atom is -0.484 e. The molecule has 1 aliphatic heterocycles. The van der Waals surface area contributed by atoms with Crippen molar-refractivity contribution < 1.29 is 14.3 Å². The number of ether oxygens (including phenoxy) is 1. The summed E-state index contributed by atoms with van der Waals surface area (Å²) in [4.78, 5) is 27.2. The van der Waals surface area contributed by atoms with Gasteiger partial charge in [-0.15, -0.1) is 0 Å². The van der Waals surface area contributed by atoms with Gasteiger partial charge in [-0.2, -0.15) is 0 Å². The highest BCUT2D eigenvalue weighted by atomic mass is 16.5. The largest absolute Gasteiger partial charge is 0.484 e. The highest BCUT2D eigenvalue weighted by molar-refractivity contribution is 5.77. The molecule has 0 spiro atoms. The molecule has 0 aliphatic carbocycles. The van der Waals surface area contributed by atoms with Gasteiger partial charge in [-0.05, 0) is 43.9 Å². The van der Waals surface area contributed by atoms with Crippen LogP contribution in [0.4, 0.5) is 4.79 Å². The van der Waals surface area contributed by atoms with E-state index in [0.29, 0.717) is 18.3 Å². The second-order valence-corrected chi connectivity index (χ2v) is 6.42. The fourth-order valence-electron chi connectivity index (χ4n) is 2.70. The first-order chi connectivity index (χ1) is 11.5. The van der Waals surface area contributed by atoms with Crippen molar-refractivity contribution in [3.8, 4) is 5.75 Å². The summed E-state index contributed by atoms with van der Waals surface area (Å²) in [6.07, 6.45) is 3.33. The second kappa shape index (κ2) is 8.57. The van der Waals surface area contributed by atoms with Crippen LogP contribution in [-0.4, -0.2) is 55.0 Å². The van der Waals surface area contributed by atoms with Crippen molar-refractivity contribution in [2.75, 3.05) is 27.2 Å². The predicted octanol–water partition coefficient (Wildman–Crippen LogP) is 2.24. The zero-order chi connectivity index (χ0) is 17.5. The molecule has 132 valence electrons. The number of hydrogen-bond donors (Lipinski definition) is 1.